The minimum atomic E-state index is -0.807. The molecular formula is C16H8Cl4O4. The minimum absolute atomic E-state index is 0.116. The van der Waals surface area contributed by atoms with Crippen molar-refractivity contribution < 1.29 is 19.1 Å². The maximum Gasteiger partial charge on any atom is 0.336 e. The Morgan fingerprint density at radius 1 is 0.708 bits per heavy atom. The van der Waals surface area contributed by atoms with Crippen LogP contribution in [0.1, 0.15) is 0 Å². The standard InChI is InChI=1S/C16H8Cl4O4/c17-9-1-3-13(11(19)7-9)23-15(21)5-6-16(22)24-14-4-2-10(18)8-12(14)20/h1-8H. The fourth-order valence-electron chi connectivity index (χ4n) is 1.54. The molecule has 124 valence electrons. The van der Waals surface area contributed by atoms with Crippen molar-refractivity contribution in [1.82, 2.24) is 0 Å². The Hall–Kier alpha value is -1.72. The molecular weight excluding hydrogens is 398 g/mol. The van der Waals surface area contributed by atoms with Crippen molar-refractivity contribution in [3.8, 4) is 11.5 Å². The van der Waals surface area contributed by atoms with E-state index in [1.54, 1.807) is 0 Å². The molecule has 2 rings (SSSR count). The maximum absolute atomic E-state index is 11.7. The number of hydrogen-bond donors (Lipinski definition) is 0. The van der Waals surface area contributed by atoms with Crippen molar-refractivity contribution in [2.24, 2.45) is 0 Å². The summed E-state index contributed by atoms with van der Waals surface area (Å²) in [5.74, 6) is -1.38. The molecule has 24 heavy (non-hydrogen) atoms. The molecule has 0 bridgehead atoms. The zero-order valence-corrected chi connectivity index (χ0v) is 14.8. The van der Waals surface area contributed by atoms with Gasteiger partial charge >= 0.3 is 11.9 Å². The van der Waals surface area contributed by atoms with Crippen LogP contribution in [0.3, 0.4) is 0 Å². The molecule has 8 heteroatoms. The second-order valence-corrected chi connectivity index (χ2v) is 6.01. The highest BCUT2D eigenvalue weighted by atomic mass is 35.5. The van der Waals surface area contributed by atoms with Crippen molar-refractivity contribution in [3.05, 3.63) is 68.6 Å². The van der Waals surface area contributed by atoms with Crippen molar-refractivity contribution in [2.45, 2.75) is 0 Å². The molecule has 0 aliphatic heterocycles. The smallest absolute Gasteiger partial charge is 0.336 e. The first-order valence-corrected chi connectivity index (χ1v) is 7.88. The lowest BCUT2D eigenvalue weighted by Gasteiger charge is -2.05. The Bertz CT molecular complexity index is 750. The number of benzene rings is 2. The Morgan fingerprint density at radius 2 is 1.08 bits per heavy atom. The van der Waals surface area contributed by atoms with Gasteiger partial charge in [0.2, 0.25) is 0 Å². The van der Waals surface area contributed by atoms with E-state index in [2.05, 4.69) is 0 Å². The first-order valence-electron chi connectivity index (χ1n) is 6.37. The average molecular weight is 406 g/mol. The fraction of sp³-hybridized carbons (Fsp3) is 0. The molecule has 0 saturated carbocycles. The van der Waals surface area contributed by atoms with Crippen LogP contribution in [0.5, 0.6) is 11.5 Å². The summed E-state index contributed by atoms with van der Waals surface area (Å²) in [7, 11) is 0. The van der Waals surface area contributed by atoms with Crippen LogP contribution in [0.2, 0.25) is 20.1 Å². The molecule has 0 aliphatic carbocycles. The predicted molar refractivity (Wildman–Crippen MR) is 93.3 cm³/mol. The second kappa shape index (κ2) is 8.40. The topological polar surface area (TPSA) is 52.6 Å². The molecule has 2 aromatic rings. The van der Waals surface area contributed by atoms with E-state index in [9.17, 15) is 9.59 Å². The largest absolute Gasteiger partial charge is 0.422 e. The highest BCUT2D eigenvalue weighted by molar-refractivity contribution is 6.36. The molecule has 0 aliphatic rings. The van der Waals surface area contributed by atoms with Gasteiger partial charge < -0.3 is 9.47 Å². The number of carbonyl (C=O) groups is 2. The van der Waals surface area contributed by atoms with Gasteiger partial charge in [0.05, 0.1) is 10.0 Å². The zero-order valence-electron chi connectivity index (χ0n) is 11.8. The summed E-state index contributed by atoms with van der Waals surface area (Å²) in [6, 6.07) is 8.73. The lowest BCUT2D eigenvalue weighted by molar-refractivity contribution is -0.131. The summed E-state index contributed by atoms with van der Waals surface area (Å²) < 4.78 is 9.95. The van der Waals surface area contributed by atoms with E-state index < -0.39 is 11.9 Å². The van der Waals surface area contributed by atoms with E-state index in [1.807, 2.05) is 0 Å². The van der Waals surface area contributed by atoms with Crippen molar-refractivity contribution >= 4 is 58.3 Å². The molecule has 0 heterocycles. The number of rotatable bonds is 4. The highest BCUT2D eigenvalue weighted by Gasteiger charge is 2.09. The number of ether oxygens (including phenoxy) is 2. The molecule has 0 spiro atoms. The van der Waals surface area contributed by atoms with Crippen LogP contribution in [-0.2, 0) is 9.59 Å². The van der Waals surface area contributed by atoms with E-state index in [-0.39, 0.29) is 21.5 Å². The lowest BCUT2D eigenvalue weighted by atomic mass is 10.3. The van der Waals surface area contributed by atoms with Gasteiger partial charge in [0.25, 0.3) is 0 Å². The third kappa shape index (κ3) is 5.42. The SMILES string of the molecule is O=C(C=CC(=O)Oc1ccc(Cl)cc1Cl)Oc1ccc(Cl)cc1Cl. The van der Waals surface area contributed by atoms with E-state index in [0.717, 1.165) is 12.2 Å². The Balaban J connectivity index is 1.96. The molecule has 0 N–H and O–H groups in total. The fourth-order valence-corrected chi connectivity index (χ4v) is 2.43. The molecule has 2 aromatic carbocycles. The van der Waals surface area contributed by atoms with Gasteiger partial charge in [0.1, 0.15) is 11.5 Å². The van der Waals surface area contributed by atoms with Crippen LogP contribution in [-0.4, -0.2) is 11.9 Å². The van der Waals surface area contributed by atoms with Gasteiger partial charge in [0, 0.05) is 22.2 Å². The second-order valence-electron chi connectivity index (χ2n) is 4.33. The van der Waals surface area contributed by atoms with Crippen molar-refractivity contribution in [3.63, 3.8) is 0 Å². The Morgan fingerprint density at radius 3 is 1.42 bits per heavy atom. The summed E-state index contributed by atoms with van der Waals surface area (Å²) in [6.07, 6.45) is 1.80. The molecule has 0 saturated heterocycles. The summed E-state index contributed by atoms with van der Waals surface area (Å²) >= 11 is 23.2. The Labute approximate surface area is 157 Å². The molecule has 0 radical (unpaired) electrons. The van der Waals surface area contributed by atoms with Crippen LogP contribution in [0.25, 0.3) is 0 Å². The van der Waals surface area contributed by atoms with Gasteiger partial charge in [-0.15, -0.1) is 0 Å². The zero-order chi connectivity index (χ0) is 17.7. The molecule has 0 aromatic heterocycles. The minimum Gasteiger partial charge on any atom is -0.422 e. The van der Waals surface area contributed by atoms with Gasteiger partial charge in [-0.25, -0.2) is 9.59 Å². The highest BCUT2D eigenvalue weighted by Crippen LogP contribution is 2.28. The van der Waals surface area contributed by atoms with Gasteiger partial charge in [-0.1, -0.05) is 46.4 Å². The third-order valence-electron chi connectivity index (χ3n) is 2.56. The first-order chi connectivity index (χ1) is 11.3. The van der Waals surface area contributed by atoms with Crippen LogP contribution in [0.15, 0.2) is 48.6 Å². The molecule has 4 nitrogen and oxygen atoms in total. The van der Waals surface area contributed by atoms with Gasteiger partial charge in [-0.05, 0) is 36.4 Å². The predicted octanol–water partition coefficient (Wildman–Crippen LogP) is 5.37. The summed E-state index contributed by atoms with van der Waals surface area (Å²) in [5.41, 5.74) is 0. The van der Waals surface area contributed by atoms with E-state index in [0.29, 0.717) is 10.0 Å². The monoisotopic (exact) mass is 404 g/mol. The van der Waals surface area contributed by atoms with Crippen LogP contribution < -0.4 is 9.47 Å². The normalized spacial score (nSPS) is 10.7. The van der Waals surface area contributed by atoms with Gasteiger partial charge in [-0.3, -0.25) is 0 Å². The van der Waals surface area contributed by atoms with Gasteiger partial charge in [0.15, 0.2) is 0 Å². The number of esters is 2. The maximum atomic E-state index is 11.7. The van der Waals surface area contributed by atoms with Crippen LogP contribution >= 0.6 is 46.4 Å². The van der Waals surface area contributed by atoms with Crippen molar-refractivity contribution in [2.75, 3.05) is 0 Å². The lowest BCUT2D eigenvalue weighted by Crippen LogP contribution is -2.08. The third-order valence-corrected chi connectivity index (χ3v) is 3.63. The van der Waals surface area contributed by atoms with Gasteiger partial charge in [-0.2, -0.15) is 0 Å². The summed E-state index contributed by atoms with van der Waals surface area (Å²) in [4.78, 5) is 23.3. The van der Waals surface area contributed by atoms with E-state index >= 15 is 0 Å². The van der Waals surface area contributed by atoms with Crippen LogP contribution in [0.4, 0.5) is 0 Å². The first kappa shape index (κ1) is 18.6. The number of halogens is 4. The molecule has 0 atom stereocenters. The number of carbonyl (C=O) groups excluding carboxylic acids is 2. The summed E-state index contributed by atoms with van der Waals surface area (Å²) in [6.45, 7) is 0. The Kier molecular flexibility index (Phi) is 6.52. The molecule has 0 unspecified atom stereocenters. The average Bonchev–Trinajstić information content (AvgIpc) is 2.51. The summed E-state index contributed by atoms with van der Waals surface area (Å²) in [5, 5.41) is 1.14. The van der Waals surface area contributed by atoms with Crippen LogP contribution in [0, 0.1) is 0 Å². The quantitative estimate of drug-likeness (QED) is 0.390. The van der Waals surface area contributed by atoms with E-state index in [1.165, 1.54) is 36.4 Å². The molecule has 0 amide bonds. The van der Waals surface area contributed by atoms with E-state index in [4.69, 9.17) is 55.9 Å². The number of hydrogen-bond acceptors (Lipinski definition) is 4. The molecule has 0 fully saturated rings. The van der Waals surface area contributed by atoms with Crippen molar-refractivity contribution in [1.29, 1.82) is 0 Å².